The molecule has 1 atom stereocenters. The van der Waals surface area contributed by atoms with Crippen LogP contribution in [-0.2, 0) is 4.79 Å². The number of hydrogen-bond acceptors (Lipinski definition) is 4. The largest absolute Gasteiger partial charge is 0.339 e. The summed E-state index contributed by atoms with van der Waals surface area (Å²) in [4.78, 5) is 18.4. The first kappa shape index (κ1) is 18.6. The van der Waals surface area contributed by atoms with Crippen LogP contribution in [0.2, 0.25) is 5.02 Å². The third kappa shape index (κ3) is 3.52. The maximum atomic E-state index is 13.6. The molecule has 1 amide bonds. The van der Waals surface area contributed by atoms with Gasteiger partial charge in [0.2, 0.25) is 17.6 Å². The Bertz CT molecular complexity index is 1020. The monoisotopic (exact) mass is 399 g/mol. The number of amides is 1. The molecule has 1 saturated heterocycles. The minimum Gasteiger partial charge on any atom is -0.339 e. The number of carbonyl (C=O) groups is 1. The van der Waals surface area contributed by atoms with E-state index in [2.05, 4.69) is 24.0 Å². The molecule has 4 rings (SSSR count). The van der Waals surface area contributed by atoms with Crippen LogP contribution in [0.5, 0.6) is 0 Å². The Morgan fingerprint density at radius 2 is 1.96 bits per heavy atom. The lowest BCUT2D eigenvalue weighted by molar-refractivity contribution is -0.117. The van der Waals surface area contributed by atoms with Gasteiger partial charge >= 0.3 is 0 Å². The molecule has 1 fully saturated rings. The Labute approximate surface area is 167 Å². The summed E-state index contributed by atoms with van der Waals surface area (Å²) in [5, 5.41) is 4.38. The molecule has 0 saturated carbocycles. The maximum Gasteiger partial charge on any atom is 0.232 e. The van der Waals surface area contributed by atoms with Gasteiger partial charge in [-0.15, -0.1) is 0 Å². The summed E-state index contributed by atoms with van der Waals surface area (Å²) in [7, 11) is 0. The van der Waals surface area contributed by atoms with Gasteiger partial charge in [-0.1, -0.05) is 54.9 Å². The highest BCUT2D eigenvalue weighted by atomic mass is 35.5. The fraction of sp³-hybridized carbons (Fsp3) is 0.286. The minimum atomic E-state index is -0.444. The second-order valence-corrected chi connectivity index (χ2v) is 7.64. The van der Waals surface area contributed by atoms with Crippen LogP contribution in [0, 0.1) is 5.82 Å². The summed E-state index contributed by atoms with van der Waals surface area (Å²) in [6.07, 6.45) is 0.209. The predicted octanol–water partition coefficient (Wildman–Crippen LogP) is 5.17. The van der Waals surface area contributed by atoms with Crippen LogP contribution in [-0.4, -0.2) is 22.6 Å². The van der Waals surface area contributed by atoms with E-state index in [1.807, 2.05) is 24.3 Å². The molecule has 1 unspecified atom stereocenters. The topological polar surface area (TPSA) is 59.2 Å². The standard InChI is InChI=1S/C21H19ClFN3O2/c1-12(2)13-3-5-14(6-4-13)20-24-21(28-25-20)15-9-19(27)26(11-15)18-10-16(23)7-8-17(18)22/h3-8,10,12,15H,9,11H2,1-2H3. The van der Waals surface area contributed by atoms with Crippen LogP contribution in [0.25, 0.3) is 11.4 Å². The SMILES string of the molecule is CC(C)c1ccc(-c2noc(C3CC(=O)N(c4cc(F)ccc4Cl)C3)n2)cc1. The summed E-state index contributed by atoms with van der Waals surface area (Å²) < 4.78 is 19.0. The molecule has 144 valence electrons. The number of aromatic nitrogens is 2. The van der Waals surface area contributed by atoms with Crippen molar-refractivity contribution in [1.82, 2.24) is 10.1 Å². The number of anilines is 1. The van der Waals surface area contributed by atoms with Crippen molar-refractivity contribution in [2.45, 2.75) is 32.1 Å². The Hall–Kier alpha value is -2.73. The van der Waals surface area contributed by atoms with E-state index >= 15 is 0 Å². The van der Waals surface area contributed by atoms with Crippen molar-refractivity contribution < 1.29 is 13.7 Å². The van der Waals surface area contributed by atoms with Gasteiger partial charge in [0.15, 0.2) is 0 Å². The number of carbonyl (C=O) groups excluding carboxylic acids is 1. The molecule has 0 N–H and O–H groups in total. The summed E-state index contributed by atoms with van der Waals surface area (Å²) in [5.74, 6) is 0.466. The Morgan fingerprint density at radius 3 is 2.68 bits per heavy atom. The highest BCUT2D eigenvalue weighted by molar-refractivity contribution is 6.33. The molecule has 2 heterocycles. The zero-order valence-electron chi connectivity index (χ0n) is 15.5. The average molecular weight is 400 g/mol. The van der Waals surface area contributed by atoms with E-state index in [1.54, 1.807) is 0 Å². The zero-order valence-corrected chi connectivity index (χ0v) is 16.3. The Kier molecular flexibility index (Phi) is 4.89. The van der Waals surface area contributed by atoms with Crippen molar-refractivity contribution in [1.29, 1.82) is 0 Å². The quantitative estimate of drug-likeness (QED) is 0.607. The molecule has 0 aliphatic carbocycles. The lowest BCUT2D eigenvalue weighted by Gasteiger charge is -2.17. The molecule has 7 heteroatoms. The first-order valence-electron chi connectivity index (χ1n) is 9.11. The highest BCUT2D eigenvalue weighted by Crippen LogP contribution is 2.35. The fourth-order valence-corrected chi connectivity index (χ4v) is 3.55. The lowest BCUT2D eigenvalue weighted by Crippen LogP contribution is -2.24. The van der Waals surface area contributed by atoms with Gasteiger partial charge in [-0.25, -0.2) is 4.39 Å². The van der Waals surface area contributed by atoms with Crippen molar-refractivity contribution in [3.63, 3.8) is 0 Å². The predicted molar refractivity (Wildman–Crippen MR) is 105 cm³/mol. The summed E-state index contributed by atoms with van der Waals surface area (Å²) in [6, 6.07) is 12.0. The molecule has 28 heavy (non-hydrogen) atoms. The van der Waals surface area contributed by atoms with Crippen LogP contribution in [0.15, 0.2) is 47.0 Å². The van der Waals surface area contributed by atoms with E-state index < -0.39 is 5.82 Å². The third-order valence-electron chi connectivity index (χ3n) is 4.95. The second kappa shape index (κ2) is 7.36. The maximum absolute atomic E-state index is 13.6. The average Bonchev–Trinajstić information content (AvgIpc) is 3.31. The van der Waals surface area contributed by atoms with Crippen LogP contribution < -0.4 is 4.90 Å². The highest BCUT2D eigenvalue weighted by Gasteiger charge is 2.36. The Balaban J connectivity index is 1.55. The number of benzene rings is 2. The molecular formula is C21H19ClFN3O2. The number of nitrogens with zero attached hydrogens (tertiary/aromatic N) is 3. The first-order valence-corrected chi connectivity index (χ1v) is 9.49. The van der Waals surface area contributed by atoms with E-state index in [-0.39, 0.29) is 18.2 Å². The molecule has 3 aromatic rings. The molecule has 1 aliphatic rings. The number of halogens is 2. The van der Waals surface area contributed by atoms with Crippen LogP contribution >= 0.6 is 11.6 Å². The van der Waals surface area contributed by atoms with Gasteiger partial charge in [-0.2, -0.15) is 4.98 Å². The molecular weight excluding hydrogens is 381 g/mol. The number of rotatable bonds is 4. The van der Waals surface area contributed by atoms with Crippen molar-refractivity contribution >= 4 is 23.2 Å². The van der Waals surface area contributed by atoms with E-state index in [9.17, 15) is 9.18 Å². The van der Waals surface area contributed by atoms with Crippen molar-refractivity contribution in [3.05, 3.63) is 64.8 Å². The van der Waals surface area contributed by atoms with Crippen molar-refractivity contribution in [3.8, 4) is 11.4 Å². The second-order valence-electron chi connectivity index (χ2n) is 7.23. The smallest absolute Gasteiger partial charge is 0.232 e. The van der Waals surface area contributed by atoms with E-state index in [0.717, 1.165) is 5.56 Å². The molecule has 0 spiro atoms. The van der Waals surface area contributed by atoms with Gasteiger partial charge in [0.25, 0.3) is 0 Å². The summed E-state index contributed by atoms with van der Waals surface area (Å²) in [6.45, 7) is 4.58. The van der Waals surface area contributed by atoms with Gasteiger partial charge in [0.1, 0.15) is 5.82 Å². The minimum absolute atomic E-state index is 0.154. The van der Waals surface area contributed by atoms with Gasteiger partial charge in [-0.3, -0.25) is 4.79 Å². The molecule has 0 bridgehead atoms. The third-order valence-corrected chi connectivity index (χ3v) is 5.27. The van der Waals surface area contributed by atoms with Gasteiger partial charge in [0, 0.05) is 18.5 Å². The van der Waals surface area contributed by atoms with E-state index in [4.69, 9.17) is 16.1 Å². The first-order chi connectivity index (χ1) is 13.4. The molecule has 1 aromatic heterocycles. The van der Waals surface area contributed by atoms with Gasteiger partial charge < -0.3 is 9.42 Å². The van der Waals surface area contributed by atoms with Crippen molar-refractivity contribution in [2.24, 2.45) is 0 Å². The van der Waals surface area contributed by atoms with Crippen molar-refractivity contribution in [2.75, 3.05) is 11.4 Å². The molecule has 5 nitrogen and oxygen atoms in total. The van der Waals surface area contributed by atoms with E-state index in [0.29, 0.717) is 34.9 Å². The summed E-state index contributed by atoms with van der Waals surface area (Å²) in [5.41, 5.74) is 2.45. The van der Waals surface area contributed by atoms with Crippen LogP contribution in [0.4, 0.5) is 10.1 Å². The normalized spacial score (nSPS) is 17.0. The van der Waals surface area contributed by atoms with Crippen LogP contribution in [0.1, 0.15) is 43.6 Å². The fourth-order valence-electron chi connectivity index (χ4n) is 3.33. The lowest BCUT2D eigenvalue weighted by atomic mass is 10.0. The molecule has 2 aromatic carbocycles. The Morgan fingerprint density at radius 1 is 1.21 bits per heavy atom. The van der Waals surface area contributed by atoms with Crippen LogP contribution in [0.3, 0.4) is 0 Å². The number of hydrogen-bond donors (Lipinski definition) is 0. The summed E-state index contributed by atoms with van der Waals surface area (Å²) >= 11 is 6.14. The van der Waals surface area contributed by atoms with Gasteiger partial charge in [-0.05, 0) is 29.7 Å². The molecule has 0 radical (unpaired) electrons. The zero-order chi connectivity index (χ0) is 19.8. The van der Waals surface area contributed by atoms with Gasteiger partial charge in [0.05, 0.1) is 16.6 Å². The van der Waals surface area contributed by atoms with E-state index in [1.165, 1.54) is 28.7 Å². The molecule has 1 aliphatic heterocycles.